The van der Waals surface area contributed by atoms with Gasteiger partial charge in [-0.1, -0.05) is 6.07 Å². The number of rotatable bonds is 5. The zero-order valence-electron chi connectivity index (χ0n) is 14.0. The largest absolute Gasteiger partial charge is 0.388 e. The van der Waals surface area contributed by atoms with Crippen molar-refractivity contribution in [1.29, 1.82) is 0 Å². The van der Waals surface area contributed by atoms with Gasteiger partial charge in [0.2, 0.25) is 0 Å². The third kappa shape index (κ3) is 4.46. The molecule has 2 heterocycles. The van der Waals surface area contributed by atoms with Gasteiger partial charge in [-0.2, -0.15) is 0 Å². The highest BCUT2D eigenvalue weighted by Gasteiger charge is 2.34. The summed E-state index contributed by atoms with van der Waals surface area (Å²) in [5.41, 5.74) is -0.540. The summed E-state index contributed by atoms with van der Waals surface area (Å²) in [5.74, 6) is 0.962. The summed E-state index contributed by atoms with van der Waals surface area (Å²) < 4.78 is 0. The molecule has 23 heavy (non-hydrogen) atoms. The number of hydrogen-bond donors (Lipinski definition) is 2. The maximum atomic E-state index is 10.3. The topological polar surface area (TPSA) is 51.1 Å². The molecule has 0 unspecified atom stereocenters. The smallest absolute Gasteiger partial charge is 0.194 e. The molecule has 0 atom stereocenters. The Kier molecular flexibility index (Phi) is 5.56. The SMILES string of the molecule is CCNC(=NCC1(O)CCC1)N1CCN(Cc2cccs2)CC1. The van der Waals surface area contributed by atoms with Gasteiger partial charge in [0.1, 0.15) is 0 Å². The van der Waals surface area contributed by atoms with E-state index in [4.69, 9.17) is 4.99 Å². The number of piperazine rings is 1. The second-order valence-electron chi connectivity index (χ2n) is 6.59. The molecule has 3 rings (SSSR count). The van der Waals surface area contributed by atoms with Gasteiger partial charge >= 0.3 is 0 Å². The first-order chi connectivity index (χ1) is 11.2. The summed E-state index contributed by atoms with van der Waals surface area (Å²) in [4.78, 5) is 11.0. The Hall–Kier alpha value is -1.11. The lowest BCUT2D eigenvalue weighted by Crippen LogP contribution is -2.52. The number of guanidine groups is 1. The van der Waals surface area contributed by atoms with Gasteiger partial charge in [-0.3, -0.25) is 9.89 Å². The number of thiophene rings is 1. The Balaban J connectivity index is 1.51. The minimum absolute atomic E-state index is 0.532. The van der Waals surface area contributed by atoms with Gasteiger partial charge in [0, 0.05) is 44.1 Å². The van der Waals surface area contributed by atoms with E-state index in [0.717, 1.165) is 64.5 Å². The summed E-state index contributed by atoms with van der Waals surface area (Å²) in [6, 6.07) is 4.33. The zero-order chi connectivity index (χ0) is 16.1. The van der Waals surface area contributed by atoms with E-state index in [-0.39, 0.29) is 0 Å². The number of hydrogen-bond acceptors (Lipinski definition) is 4. The molecule has 6 heteroatoms. The lowest BCUT2D eigenvalue weighted by atomic mass is 9.80. The van der Waals surface area contributed by atoms with Gasteiger partial charge in [-0.15, -0.1) is 11.3 Å². The van der Waals surface area contributed by atoms with Crippen molar-refractivity contribution >= 4 is 17.3 Å². The van der Waals surface area contributed by atoms with Crippen molar-refractivity contribution in [1.82, 2.24) is 15.1 Å². The molecule has 0 spiro atoms. The van der Waals surface area contributed by atoms with E-state index in [9.17, 15) is 5.11 Å². The summed E-state index contributed by atoms with van der Waals surface area (Å²) >= 11 is 1.83. The van der Waals surface area contributed by atoms with E-state index in [0.29, 0.717) is 6.54 Å². The van der Waals surface area contributed by atoms with Crippen LogP contribution in [0.3, 0.4) is 0 Å². The zero-order valence-corrected chi connectivity index (χ0v) is 14.8. The molecule has 1 aliphatic carbocycles. The van der Waals surface area contributed by atoms with Gasteiger partial charge in [-0.25, -0.2) is 0 Å². The first-order valence-corrected chi connectivity index (χ1v) is 9.57. The maximum Gasteiger partial charge on any atom is 0.194 e. The Morgan fingerprint density at radius 1 is 1.35 bits per heavy atom. The number of aliphatic imine (C=N–C) groups is 1. The maximum absolute atomic E-state index is 10.3. The molecule has 128 valence electrons. The van der Waals surface area contributed by atoms with Crippen LogP contribution < -0.4 is 5.32 Å². The molecule has 1 aromatic rings. The van der Waals surface area contributed by atoms with Gasteiger partial charge in [-0.05, 0) is 37.6 Å². The predicted octanol–water partition coefficient (Wildman–Crippen LogP) is 1.75. The minimum Gasteiger partial charge on any atom is -0.388 e. The minimum atomic E-state index is -0.540. The van der Waals surface area contributed by atoms with E-state index < -0.39 is 5.60 Å². The lowest BCUT2D eigenvalue weighted by molar-refractivity contribution is -0.0238. The van der Waals surface area contributed by atoms with Crippen LogP contribution in [0.25, 0.3) is 0 Å². The molecular formula is C17H28N4OS. The molecular weight excluding hydrogens is 308 g/mol. The molecule has 0 bridgehead atoms. The normalized spacial score (nSPS) is 22.0. The number of nitrogens with zero attached hydrogens (tertiary/aromatic N) is 3. The van der Waals surface area contributed by atoms with E-state index in [1.54, 1.807) is 0 Å². The van der Waals surface area contributed by atoms with Crippen molar-refractivity contribution in [2.24, 2.45) is 4.99 Å². The average molecular weight is 337 g/mol. The van der Waals surface area contributed by atoms with Crippen LogP contribution in [0.4, 0.5) is 0 Å². The summed E-state index contributed by atoms with van der Waals surface area (Å²) in [5, 5.41) is 15.8. The lowest BCUT2D eigenvalue weighted by Gasteiger charge is -2.38. The monoisotopic (exact) mass is 336 g/mol. The second-order valence-corrected chi connectivity index (χ2v) is 7.62. The van der Waals surface area contributed by atoms with Crippen molar-refractivity contribution in [2.45, 2.75) is 38.3 Å². The first kappa shape index (κ1) is 16.7. The van der Waals surface area contributed by atoms with Crippen molar-refractivity contribution in [2.75, 3.05) is 39.3 Å². The molecule has 5 nitrogen and oxygen atoms in total. The molecule has 1 aliphatic heterocycles. The van der Waals surface area contributed by atoms with Crippen LogP contribution in [-0.2, 0) is 6.54 Å². The fraction of sp³-hybridized carbons (Fsp3) is 0.706. The van der Waals surface area contributed by atoms with Gasteiger partial charge < -0.3 is 15.3 Å². The van der Waals surface area contributed by atoms with Crippen molar-refractivity contribution in [3.8, 4) is 0 Å². The quantitative estimate of drug-likeness (QED) is 0.635. The Labute approximate surface area is 143 Å². The molecule has 2 N–H and O–H groups in total. The van der Waals surface area contributed by atoms with Gasteiger partial charge in [0.15, 0.2) is 5.96 Å². The van der Waals surface area contributed by atoms with Crippen LogP contribution in [0.15, 0.2) is 22.5 Å². The number of aliphatic hydroxyl groups is 1. The molecule has 2 fully saturated rings. The van der Waals surface area contributed by atoms with Crippen molar-refractivity contribution in [3.63, 3.8) is 0 Å². The third-order valence-electron chi connectivity index (χ3n) is 4.77. The molecule has 0 aromatic carbocycles. The fourth-order valence-electron chi connectivity index (χ4n) is 3.13. The van der Waals surface area contributed by atoms with E-state index in [1.807, 2.05) is 11.3 Å². The average Bonchev–Trinajstić information content (AvgIpc) is 3.03. The fourth-order valence-corrected chi connectivity index (χ4v) is 3.88. The molecule has 2 aliphatic rings. The predicted molar refractivity (Wildman–Crippen MR) is 95.9 cm³/mol. The van der Waals surface area contributed by atoms with Crippen LogP contribution >= 0.6 is 11.3 Å². The standard InChI is InChI=1S/C17H28N4OS/c1-2-18-16(19-14-17(22)6-4-7-17)21-10-8-20(9-11-21)13-15-5-3-12-23-15/h3,5,12,22H,2,4,6-11,13-14H2,1H3,(H,18,19). The molecule has 1 aromatic heterocycles. The van der Waals surface area contributed by atoms with Crippen LogP contribution in [0, 0.1) is 0 Å². The van der Waals surface area contributed by atoms with Crippen LogP contribution in [0.2, 0.25) is 0 Å². The Bertz CT molecular complexity index is 505. The molecule has 1 saturated heterocycles. The van der Waals surface area contributed by atoms with E-state index in [2.05, 4.69) is 39.6 Å². The van der Waals surface area contributed by atoms with Crippen molar-refractivity contribution in [3.05, 3.63) is 22.4 Å². The third-order valence-corrected chi connectivity index (χ3v) is 5.63. The van der Waals surface area contributed by atoms with Crippen LogP contribution in [-0.4, -0.2) is 65.7 Å². The van der Waals surface area contributed by atoms with Crippen molar-refractivity contribution < 1.29 is 5.11 Å². The van der Waals surface area contributed by atoms with Crippen LogP contribution in [0.5, 0.6) is 0 Å². The number of nitrogens with one attached hydrogen (secondary N) is 1. The molecule has 1 saturated carbocycles. The van der Waals surface area contributed by atoms with E-state index in [1.165, 1.54) is 4.88 Å². The summed E-state index contributed by atoms with van der Waals surface area (Å²) in [6.45, 7) is 8.67. The van der Waals surface area contributed by atoms with E-state index >= 15 is 0 Å². The summed E-state index contributed by atoms with van der Waals surface area (Å²) in [6.07, 6.45) is 2.92. The highest BCUT2D eigenvalue weighted by molar-refractivity contribution is 7.09. The first-order valence-electron chi connectivity index (χ1n) is 8.69. The molecule has 0 radical (unpaired) electrons. The Morgan fingerprint density at radius 3 is 2.70 bits per heavy atom. The molecule has 0 amide bonds. The van der Waals surface area contributed by atoms with Gasteiger partial charge in [0.25, 0.3) is 0 Å². The summed E-state index contributed by atoms with van der Waals surface area (Å²) in [7, 11) is 0. The second kappa shape index (κ2) is 7.64. The highest BCUT2D eigenvalue weighted by Crippen LogP contribution is 2.31. The Morgan fingerprint density at radius 2 is 2.13 bits per heavy atom. The van der Waals surface area contributed by atoms with Gasteiger partial charge in [0.05, 0.1) is 12.1 Å². The van der Waals surface area contributed by atoms with Crippen LogP contribution in [0.1, 0.15) is 31.1 Å². The highest BCUT2D eigenvalue weighted by atomic mass is 32.1.